The van der Waals surface area contributed by atoms with Gasteiger partial charge >= 0.3 is 5.97 Å². The monoisotopic (exact) mass is 312 g/mol. The maximum absolute atomic E-state index is 12.1. The first-order chi connectivity index (χ1) is 9.88. The lowest BCUT2D eigenvalue weighted by Gasteiger charge is -2.07. The van der Waals surface area contributed by atoms with Gasteiger partial charge in [-0.05, 0) is 36.6 Å². The van der Waals surface area contributed by atoms with Crippen LogP contribution in [0.25, 0.3) is 0 Å². The van der Waals surface area contributed by atoms with Crippen LogP contribution in [-0.4, -0.2) is 31.9 Å². The van der Waals surface area contributed by atoms with Gasteiger partial charge in [-0.1, -0.05) is 0 Å². The van der Waals surface area contributed by atoms with Crippen LogP contribution in [0.2, 0.25) is 0 Å². The van der Waals surface area contributed by atoms with Crippen molar-refractivity contribution in [3.8, 4) is 0 Å². The molecule has 0 radical (unpaired) electrons. The lowest BCUT2D eigenvalue weighted by molar-refractivity contribution is -0.137. The SMILES string of the molecule is O=C(O)CCCCNS(=O)(=O)c1ccc2c(c1)CC(=O)N2. The first-order valence-corrected chi connectivity index (χ1v) is 8.01. The van der Waals surface area contributed by atoms with Crippen molar-refractivity contribution in [3.63, 3.8) is 0 Å². The second kappa shape index (κ2) is 6.23. The van der Waals surface area contributed by atoms with E-state index in [1.54, 1.807) is 6.07 Å². The van der Waals surface area contributed by atoms with Crippen molar-refractivity contribution < 1.29 is 23.1 Å². The Morgan fingerprint density at radius 2 is 2.10 bits per heavy atom. The van der Waals surface area contributed by atoms with Gasteiger partial charge in [0.25, 0.3) is 0 Å². The predicted molar refractivity (Wildman–Crippen MR) is 75.5 cm³/mol. The van der Waals surface area contributed by atoms with E-state index in [1.807, 2.05) is 0 Å². The quantitative estimate of drug-likeness (QED) is 0.642. The first kappa shape index (κ1) is 15.5. The number of carboxylic acid groups (broad SMARTS) is 1. The molecule has 0 unspecified atom stereocenters. The maximum atomic E-state index is 12.1. The maximum Gasteiger partial charge on any atom is 0.303 e. The van der Waals surface area contributed by atoms with Crippen LogP contribution in [0.4, 0.5) is 5.69 Å². The molecule has 3 N–H and O–H groups in total. The molecule has 1 aromatic carbocycles. The van der Waals surface area contributed by atoms with Crippen LogP contribution in [0.15, 0.2) is 23.1 Å². The molecule has 1 heterocycles. The van der Waals surface area contributed by atoms with Crippen LogP contribution in [-0.2, 0) is 26.0 Å². The van der Waals surface area contributed by atoms with Crippen LogP contribution in [0.1, 0.15) is 24.8 Å². The lowest BCUT2D eigenvalue weighted by atomic mass is 10.2. The van der Waals surface area contributed by atoms with Gasteiger partial charge in [0.2, 0.25) is 15.9 Å². The first-order valence-electron chi connectivity index (χ1n) is 6.53. The number of carbonyl (C=O) groups is 2. The van der Waals surface area contributed by atoms with Gasteiger partial charge in [-0.25, -0.2) is 13.1 Å². The summed E-state index contributed by atoms with van der Waals surface area (Å²) in [6.45, 7) is 0.184. The highest BCUT2D eigenvalue weighted by atomic mass is 32.2. The molecule has 1 aliphatic rings. The average Bonchev–Trinajstić information content (AvgIpc) is 2.76. The molecule has 8 heteroatoms. The third-order valence-electron chi connectivity index (χ3n) is 3.12. The highest BCUT2D eigenvalue weighted by Gasteiger charge is 2.21. The number of carboxylic acids is 1. The zero-order chi connectivity index (χ0) is 15.5. The number of sulfonamides is 1. The van der Waals surface area contributed by atoms with Crippen LogP contribution in [0, 0.1) is 0 Å². The lowest BCUT2D eigenvalue weighted by Crippen LogP contribution is -2.25. The number of hydrogen-bond donors (Lipinski definition) is 3. The highest BCUT2D eigenvalue weighted by molar-refractivity contribution is 7.89. The molecule has 21 heavy (non-hydrogen) atoms. The molecule has 0 aromatic heterocycles. The molecule has 0 atom stereocenters. The highest BCUT2D eigenvalue weighted by Crippen LogP contribution is 2.25. The minimum atomic E-state index is -3.64. The van der Waals surface area contributed by atoms with Crippen LogP contribution in [0.5, 0.6) is 0 Å². The summed E-state index contributed by atoms with van der Waals surface area (Å²) in [5.41, 5.74) is 1.30. The Bertz CT molecular complexity index is 669. The molecule has 1 aromatic rings. The fourth-order valence-corrected chi connectivity index (χ4v) is 3.19. The minimum Gasteiger partial charge on any atom is -0.481 e. The van der Waals surface area contributed by atoms with Crippen molar-refractivity contribution in [2.24, 2.45) is 0 Å². The predicted octanol–water partition coefficient (Wildman–Crippen LogP) is 0.714. The summed E-state index contributed by atoms with van der Waals surface area (Å²) in [5.74, 6) is -1.05. The molecule has 114 valence electrons. The van der Waals surface area contributed by atoms with Crippen molar-refractivity contribution in [1.29, 1.82) is 0 Å². The van der Waals surface area contributed by atoms with E-state index < -0.39 is 16.0 Å². The van der Waals surface area contributed by atoms with Gasteiger partial charge in [0, 0.05) is 18.7 Å². The summed E-state index contributed by atoms with van der Waals surface area (Å²) in [4.78, 5) is 21.7. The van der Waals surface area contributed by atoms with E-state index in [-0.39, 0.29) is 30.2 Å². The molecule has 2 rings (SSSR count). The topological polar surface area (TPSA) is 113 Å². The second-order valence-corrected chi connectivity index (χ2v) is 6.56. The number of aliphatic carboxylic acids is 1. The van der Waals surface area contributed by atoms with E-state index in [4.69, 9.17) is 5.11 Å². The molecule has 0 saturated heterocycles. The second-order valence-electron chi connectivity index (χ2n) is 4.79. The molecule has 7 nitrogen and oxygen atoms in total. The number of nitrogens with one attached hydrogen (secondary N) is 2. The smallest absolute Gasteiger partial charge is 0.303 e. The molecule has 1 amide bonds. The third-order valence-corrected chi connectivity index (χ3v) is 4.58. The van der Waals surface area contributed by atoms with E-state index >= 15 is 0 Å². The number of hydrogen-bond acceptors (Lipinski definition) is 4. The van der Waals surface area contributed by atoms with Crippen molar-refractivity contribution in [3.05, 3.63) is 23.8 Å². The fourth-order valence-electron chi connectivity index (χ4n) is 2.06. The summed E-state index contributed by atoms with van der Waals surface area (Å²) >= 11 is 0. The van der Waals surface area contributed by atoms with Gasteiger partial charge < -0.3 is 10.4 Å². The van der Waals surface area contributed by atoms with Crippen molar-refractivity contribution in [1.82, 2.24) is 4.72 Å². The Hall–Kier alpha value is -1.93. The largest absolute Gasteiger partial charge is 0.481 e. The van der Waals surface area contributed by atoms with Crippen molar-refractivity contribution in [2.75, 3.05) is 11.9 Å². The Labute approximate surface area is 122 Å². The van der Waals surface area contributed by atoms with Crippen molar-refractivity contribution in [2.45, 2.75) is 30.6 Å². The summed E-state index contributed by atoms with van der Waals surface area (Å²) < 4.78 is 26.6. The number of rotatable bonds is 7. The molecule has 1 aliphatic heterocycles. The summed E-state index contributed by atoms with van der Waals surface area (Å²) in [7, 11) is -3.64. The zero-order valence-electron chi connectivity index (χ0n) is 11.3. The van der Waals surface area contributed by atoms with E-state index in [9.17, 15) is 18.0 Å². The molecular weight excluding hydrogens is 296 g/mol. The average molecular weight is 312 g/mol. The van der Waals surface area contributed by atoms with Crippen LogP contribution >= 0.6 is 0 Å². The van der Waals surface area contributed by atoms with Crippen molar-refractivity contribution >= 4 is 27.6 Å². The van der Waals surface area contributed by atoms with E-state index in [0.29, 0.717) is 24.1 Å². The molecule has 0 saturated carbocycles. The Balaban J connectivity index is 1.95. The molecule has 0 bridgehead atoms. The number of amides is 1. The standard InChI is InChI=1S/C13H16N2O5S/c16-12-8-9-7-10(4-5-11(9)15-12)21(19,20)14-6-2-1-3-13(17)18/h4-5,7,14H,1-3,6,8H2,(H,15,16)(H,17,18). The van der Waals surface area contributed by atoms with Gasteiger partial charge in [0.05, 0.1) is 11.3 Å². The Kier molecular flexibility index (Phi) is 4.59. The van der Waals surface area contributed by atoms with Gasteiger partial charge in [-0.3, -0.25) is 9.59 Å². The van der Waals surface area contributed by atoms with Crippen LogP contribution < -0.4 is 10.0 Å². The zero-order valence-corrected chi connectivity index (χ0v) is 12.1. The van der Waals surface area contributed by atoms with Crippen LogP contribution in [0.3, 0.4) is 0 Å². The fraction of sp³-hybridized carbons (Fsp3) is 0.385. The number of unbranched alkanes of at least 4 members (excludes halogenated alkanes) is 1. The molecule has 0 fully saturated rings. The van der Waals surface area contributed by atoms with Gasteiger partial charge in [0.15, 0.2) is 0 Å². The molecular formula is C13H16N2O5S. The molecule has 0 spiro atoms. The normalized spacial score (nSPS) is 13.8. The van der Waals surface area contributed by atoms with Gasteiger partial charge in [-0.2, -0.15) is 0 Å². The number of benzene rings is 1. The molecule has 0 aliphatic carbocycles. The Morgan fingerprint density at radius 3 is 2.81 bits per heavy atom. The number of carbonyl (C=O) groups excluding carboxylic acids is 1. The summed E-state index contributed by atoms with van der Waals surface area (Å²) in [6.07, 6.45) is 1.07. The summed E-state index contributed by atoms with van der Waals surface area (Å²) in [5, 5.41) is 11.1. The number of fused-ring (bicyclic) bond motifs is 1. The third kappa shape index (κ3) is 4.02. The van der Waals surface area contributed by atoms with Gasteiger partial charge in [-0.15, -0.1) is 0 Å². The van der Waals surface area contributed by atoms with E-state index in [2.05, 4.69) is 10.0 Å². The Morgan fingerprint density at radius 1 is 1.33 bits per heavy atom. The van der Waals surface area contributed by atoms with Gasteiger partial charge in [0.1, 0.15) is 0 Å². The van der Waals surface area contributed by atoms with E-state index in [1.165, 1.54) is 12.1 Å². The minimum absolute atomic E-state index is 0.0222. The van der Waals surface area contributed by atoms with E-state index in [0.717, 1.165) is 0 Å². The summed E-state index contributed by atoms with van der Waals surface area (Å²) in [6, 6.07) is 4.48. The number of anilines is 1.